The zero-order valence-electron chi connectivity index (χ0n) is 15.3. The minimum absolute atomic E-state index is 0.182. The van der Waals surface area contributed by atoms with Crippen molar-refractivity contribution in [3.63, 3.8) is 0 Å². The molecule has 7 heteroatoms. The quantitative estimate of drug-likeness (QED) is 0.704. The number of benzene rings is 1. The molecule has 0 aliphatic carbocycles. The maximum Gasteiger partial charge on any atom is 0.319 e. The Labute approximate surface area is 148 Å². The van der Waals surface area contributed by atoms with Gasteiger partial charge < -0.3 is 25.4 Å². The van der Waals surface area contributed by atoms with Gasteiger partial charge in [-0.05, 0) is 30.2 Å². The molecule has 2 rings (SSSR count). The van der Waals surface area contributed by atoms with E-state index in [2.05, 4.69) is 46.6 Å². The first-order chi connectivity index (χ1) is 11.9. The molecule has 0 saturated carbocycles. The number of carbonyl (C=O) groups is 2. The van der Waals surface area contributed by atoms with E-state index in [1.54, 1.807) is 14.1 Å². The fraction of sp³-hybridized carbons (Fsp3) is 0.444. The normalized spacial score (nSPS) is 10.8. The lowest BCUT2D eigenvalue weighted by Gasteiger charge is -2.12. The molecule has 0 radical (unpaired) electrons. The van der Waals surface area contributed by atoms with Gasteiger partial charge in [0.2, 0.25) is 0 Å². The van der Waals surface area contributed by atoms with Crippen LogP contribution in [0.25, 0.3) is 10.9 Å². The van der Waals surface area contributed by atoms with E-state index in [9.17, 15) is 9.59 Å². The number of fused-ring (bicyclic) bond motifs is 1. The molecule has 1 aromatic carbocycles. The Hall–Kier alpha value is -2.70. The number of amides is 4. The Balaban J connectivity index is 1.85. The fourth-order valence-corrected chi connectivity index (χ4v) is 2.51. The van der Waals surface area contributed by atoms with Gasteiger partial charge in [0.15, 0.2) is 0 Å². The molecule has 4 amide bonds. The molecule has 0 bridgehead atoms. The number of aromatic nitrogens is 1. The van der Waals surface area contributed by atoms with Crippen LogP contribution in [-0.2, 0) is 6.54 Å². The van der Waals surface area contributed by atoms with Gasteiger partial charge in [-0.15, -0.1) is 0 Å². The summed E-state index contributed by atoms with van der Waals surface area (Å²) in [5, 5.41) is 9.31. The van der Waals surface area contributed by atoms with Gasteiger partial charge in [0.1, 0.15) is 0 Å². The van der Waals surface area contributed by atoms with Crippen LogP contribution in [0.1, 0.15) is 13.8 Å². The lowest BCUT2D eigenvalue weighted by atomic mass is 10.2. The van der Waals surface area contributed by atoms with Crippen LogP contribution < -0.4 is 16.0 Å². The highest BCUT2D eigenvalue weighted by Gasteiger charge is 2.07. The summed E-state index contributed by atoms with van der Waals surface area (Å²) in [6.07, 6.45) is 2.07. The van der Waals surface area contributed by atoms with Gasteiger partial charge in [0.05, 0.1) is 0 Å². The van der Waals surface area contributed by atoms with Crippen LogP contribution in [0.2, 0.25) is 0 Å². The van der Waals surface area contributed by atoms with E-state index >= 15 is 0 Å². The van der Waals surface area contributed by atoms with Crippen molar-refractivity contribution in [2.24, 2.45) is 5.92 Å². The highest BCUT2D eigenvalue weighted by molar-refractivity contribution is 5.93. The maximum absolute atomic E-state index is 11.9. The number of rotatable bonds is 6. The van der Waals surface area contributed by atoms with Gasteiger partial charge in [-0.2, -0.15) is 0 Å². The van der Waals surface area contributed by atoms with Crippen molar-refractivity contribution in [2.45, 2.75) is 20.4 Å². The Kier molecular flexibility index (Phi) is 6.27. The zero-order valence-corrected chi connectivity index (χ0v) is 15.3. The SMILES string of the molecule is CC(C)Cn1ccc2cc(NC(=O)NCCNC(=O)N(C)C)ccc21. The van der Waals surface area contributed by atoms with Crippen LogP contribution in [0.5, 0.6) is 0 Å². The van der Waals surface area contributed by atoms with E-state index in [0.717, 1.165) is 23.1 Å². The first-order valence-corrected chi connectivity index (χ1v) is 8.45. The Morgan fingerprint density at radius 1 is 1.12 bits per heavy atom. The first-order valence-electron chi connectivity index (χ1n) is 8.45. The molecule has 25 heavy (non-hydrogen) atoms. The summed E-state index contributed by atoms with van der Waals surface area (Å²) in [5.41, 5.74) is 1.90. The van der Waals surface area contributed by atoms with E-state index < -0.39 is 0 Å². The zero-order chi connectivity index (χ0) is 18.4. The fourth-order valence-electron chi connectivity index (χ4n) is 2.51. The highest BCUT2D eigenvalue weighted by atomic mass is 16.2. The van der Waals surface area contributed by atoms with Crippen molar-refractivity contribution in [1.82, 2.24) is 20.1 Å². The lowest BCUT2D eigenvalue weighted by molar-refractivity contribution is 0.217. The Bertz CT molecular complexity index is 736. The van der Waals surface area contributed by atoms with Crippen molar-refractivity contribution < 1.29 is 9.59 Å². The van der Waals surface area contributed by atoms with Crippen molar-refractivity contribution in [2.75, 3.05) is 32.5 Å². The van der Waals surface area contributed by atoms with Crippen LogP contribution in [0, 0.1) is 5.92 Å². The number of urea groups is 2. The molecular weight excluding hydrogens is 318 g/mol. The van der Waals surface area contributed by atoms with Gasteiger partial charge in [-0.1, -0.05) is 13.8 Å². The van der Waals surface area contributed by atoms with E-state index in [1.807, 2.05) is 18.2 Å². The van der Waals surface area contributed by atoms with Crippen LogP contribution in [0.15, 0.2) is 30.5 Å². The molecule has 0 aliphatic rings. The maximum atomic E-state index is 11.9. The third-order valence-corrected chi connectivity index (χ3v) is 3.68. The molecule has 2 aromatic rings. The van der Waals surface area contributed by atoms with Gasteiger partial charge in [0, 0.05) is 56.5 Å². The summed E-state index contributed by atoms with van der Waals surface area (Å²) in [7, 11) is 3.33. The van der Waals surface area contributed by atoms with Crippen molar-refractivity contribution in [3.05, 3.63) is 30.5 Å². The molecule has 0 aliphatic heterocycles. The topological polar surface area (TPSA) is 78.4 Å². The van der Waals surface area contributed by atoms with Crippen molar-refractivity contribution in [1.29, 1.82) is 0 Å². The number of nitrogens with zero attached hydrogens (tertiary/aromatic N) is 2. The smallest absolute Gasteiger partial charge is 0.319 e. The molecular formula is C18H27N5O2. The molecule has 1 aromatic heterocycles. The minimum atomic E-state index is -0.292. The number of carbonyl (C=O) groups excluding carboxylic acids is 2. The van der Waals surface area contributed by atoms with Gasteiger partial charge in [-0.25, -0.2) is 9.59 Å². The third kappa shape index (κ3) is 5.41. The van der Waals surface area contributed by atoms with E-state index in [-0.39, 0.29) is 12.1 Å². The molecule has 136 valence electrons. The predicted molar refractivity (Wildman–Crippen MR) is 101 cm³/mol. The summed E-state index contributed by atoms with van der Waals surface area (Å²) in [4.78, 5) is 24.7. The van der Waals surface area contributed by atoms with Crippen LogP contribution in [0.4, 0.5) is 15.3 Å². The summed E-state index contributed by atoms with van der Waals surface area (Å²) >= 11 is 0. The molecule has 3 N–H and O–H groups in total. The van der Waals surface area contributed by atoms with Gasteiger partial charge in [0.25, 0.3) is 0 Å². The predicted octanol–water partition coefficient (Wildman–Crippen LogP) is 2.69. The van der Waals surface area contributed by atoms with Crippen LogP contribution >= 0.6 is 0 Å². The largest absolute Gasteiger partial charge is 0.347 e. The highest BCUT2D eigenvalue weighted by Crippen LogP contribution is 2.21. The van der Waals surface area contributed by atoms with Crippen LogP contribution in [0.3, 0.4) is 0 Å². The second kappa shape index (κ2) is 8.41. The van der Waals surface area contributed by atoms with Gasteiger partial charge >= 0.3 is 12.1 Å². The second-order valence-electron chi connectivity index (χ2n) is 6.64. The molecule has 0 atom stereocenters. The van der Waals surface area contributed by atoms with Gasteiger partial charge in [-0.3, -0.25) is 0 Å². The molecule has 0 saturated heterocycles. The number of hydrogen-bond acceptors (Lipinski definition) is 2. The minimum Gasteiger partial charge on any atom is -0.347 e. The number of nitrogens with one attached hydrogen (secondary N) is 3. The summed E-state index contributed by atoms with van der Waals surface area (Å²) < 4.78 is 2.22. The molecule has 0 spiro atoms. The van der Waals surface area contributed by atoms with Crippen LogP contribution in [-0.4, -0.2) is 48.7 Å². The van der Waals surface area contributed by atoms with Crippen molar-refractivity contribution >= 4 is 28.7 Å². The number of anilines is 1. The van der Waals surface area contributed by atoms with E-state index in [1.165, 1.54) is 4.90 Å². The second-order valence-corrected chi connectivity index (χ2v) is 6.64. The monoisotopic (exact) mass is 345 g/mol. The first kappa shape index (κ1) is 18.6. The van der Waals surface area contributed by atoms with E-state index in [4.69, 9.17) is 0 Å². The Morgan fingerprint density at radius 3 is 2.52 bits per heavy atom. The van der Waals surface area contributed by atoms with E-state index in [0.29, 0.717) is 19.0 Å². The van der Waals surface area contributed by atoms with Crippen molar-refractivity contribution in [3.8, 4) is 0 Å². The molecule has 0 fully saturated rings. The standard InChI is InChI=1S/C18H27N5O2/c1-13(2)12-23-10-7-14-11-15(5-6-16(14)23)21-17(24)19-8-9-20-18(25)22(3)4/h5-7,10-11,13H,8-9,12H2,1-4H3,(H,20,25)(H2,19,21,24). The summed E-state index contributed by atoms with van der Waals surface area (Å²) in [5.74, 6) is 0.576. The summed E-state index contributed by atoms with van der Waals surface area (Å²) in [6.45, 7) is 6.08. The molecule has 7 nitrogen and oxygen atoms in total. The number of hydrogen-bond donors (Lipinski definition) is 3. The molecule has 0 unspecified atom stereocenters. The Morgan fingerprint density at radius 2 is 1.84 bits per heavy atom. The summed E-state index contributed by atoms with van der Waals surface area (Å²) in [6, 6.07) is 7.45. The average molecular weight is 345 g/mol. The molecule has 1 heterocycles. The lowest BCUT2D eigenvalue weighted by Crippen LogP contribution is -2.40. The third-order valence-electron chi connectivity index (χ3n) is 3.68. The average Bonchev–Trinajstić information content (AvgIpc) is 2.92.